The van der Waals surface area contributed by atoms with Gasteiger partial charge < -0.3 is 9.47 Å². The number of methoxy groups -OCH3 is 1. The lowest BCUT2D eigenvalue weighted by atomic mass is 9.96. The first kappa shape index (κ1) is 24.0. The van der Waals surface area contributed by atoms with Gasteiger partial charge in [-0.05, 0) is 68.0 Å². The Balaban J connectivity index is 1.93. The molecule has 0 N–H and O–H groups in total. The minimum absolute atomic E-state index is 0.198. The molecule has 0 bridgehead atoms. The third kappa shape index (κ3) is 4.48. The lowest BCUT2D eigenvalue weighted by molar-refractivity contribution is -0.139. The molecular weight excluding hydrogens is 468 g/mol. The molecule has 0 amide bonds. The van der Waals surface area contributed by atoms with E-state index in [1.807, 2.05) is 61.7 Å². The van der Waals surface area contributed by atoms with Gasteiger partial charge >= 0.3 is 5.97 Å². The third-order valence-electron chi connectivity index (χ3n) is 5.68. The summed E-state index contributed by atoms with van der Waals surface area (Å²) in [6.45, 7) is 5.77. The van der Waals surface area contributed by atoms with E-state index in [-0.39, 0.29) is 12.2 Å². The standard InChI is InChI=1S/C26H26N2O4S2/c1-6-32-25(30)22-16(3)27-26-28(23(22)18-9-11-19(33-5)12-10-18)24(29)21(34-26)14-17-8-7-15(2)20(13-17)31-4/h7-14,23H,6H2,1-5H3/b21-14-/t23-/m1/s1. The van der Waals surface area contributed by atoms with Crippen molar-refractivity contribution in [3.05, 3.63) is 90.1 Å². The van der Waals surface area contributed by atoms with Crippen molar-refractivity contribution in [2.45, 2.75) is 31.7 Å². The van der Waals surface area contributed by atoms with Gasteiger partial charge in [0, 0.05) is 4.90 Å². The molecule has 1 aromatic heterocycles. The molecule has 176 valence electrons. The quantitative estimate of drug-likeness (QED) is 0.385. The number of benzene rings is 2. The second-order valence-corrected chi connectivity index (χ2v) is 9.69. The van der Waals surface area contributed by atoms with Crippen LogP contribution in [0.25, 0.3) is 6.08 Å². The van der Waals surface area contributed by atoms with E-state index in [1.54, 1.807) is 37.3 Å². The number of fused-ring (bicyclic) bond motifs is 1. The molecule has 1 atom stereocenters. The first-order chi connectivity index (χ1) is 16.4. The van der Waals surface area contributed by atoms with Crippen molar-refractivity contribution in [1.82, 2.24) is 4.57 Å². The van der Waals surface area contributed by atoms with Crippen molar-refractivity contribution in [1.29, 1.82) is 0 Å². The summed E-state index contributed by atoms with van der Waals surface area (Å²) < 4.78 is 12.9. The van der Waals surface area contributed by atoms with Crippen LogP contribution in [0, 0.1) is 6.92 Å². The summed E-state index contributed by atoms with van der Waals surface area (Å²) in [4.78, 5) is 32.9. The first-order valence-corrected chi connectivity index (χ1v) is 12.9. The average Bonchev–Trinajstić information content (AvgIpc) is 3.13. The Hall–Kier alpha value is -3.10. The Bertz CT molecular complexity index is 1450. The van der Waals surface area contributed by atoms with Crippen LogP contribution in [-0.4, -0.2) is 30.5 Å². The number of nitrogens with zero attached hydrogens (tertiary/aromatic N) is 2. The fraction of sp³-hybridized carbons (Fsp3) is 0.269. The summed E-state index contributed by atoms with van der Waals surface area (Å²) in [5, 5.41) is 0. The van der Waals surface area contributed by atoms with Gasteiger partial charge in [0.1, 0.15) is 5.75 Å². The normalized spacial score (nSPS) is 15.7. The van der Waals surface area contributed by atoms with Crippen molar-refractivity contribution >= 4 is 35.1 Å². The van der Waals surface area contributed by atoms with Crippen LogP contribution in [0.15, 0.2) is 68.4 Å². The fourth-order valence-electron chi connectivity index (χ4n) is 3.97. The topological polar surface area (TPSA) is 69.9 Å². The molecule has 4 rings (SSSR count). The number of aryl methyl sites for hydroxylation is 1. The van der Waals surface area contributed by atoms with Crippen LogP contribution in [0.2, 0.25) is 0 Å². The van der Waals surface area contributed by atoms with Crippen LogP contribution in [0.3, 0.4) is 0 Å². The van der Waals surface area contributed by atoms with Crippen LogP contribution in [-0.2, 0) is 9.53 Å². The van der Waals surface area contributed by atoms with Crippen molar-refractivity contribution in [2.24, 2.45) is 4.99 Å². The highest BCUT2D eigenvalue weighted by Crippen LogP contribution is 2.31. The number of carbonyl (C=O) groups is 1. The van der Waals surface area contributed by atoms with Crippen LogP contribution < -0.4 is 19.6 Å². The molecule has 2 heterocycles. The Morgan fingerprint density at radius 1 is 1.21 bits per heavy atom. The zero-order valence-corrected chi connectivity index (χ0v) is 21.4. The minimum atomic E-state index is -0.610. The number of allylic oxidation sites excluding steroid dienone is 1. The summed E-state index contributed by atoms with van der Waals surface area (Å²) in [5.74, 6) is 0.300. The van der Waals surface area contributed by atoms with Gasteiger partial charge in [0.25, 0.3) is 5.56 Å². The maximum absolute atomic E-state index is 13.7. The number of esters is 1. The molecule has 0 radical (unpaired) electrons. The number of hydrogen-bond donors (Lipinski definition) is 0. The lowest BCUT2D eigenvalue weighted by Gasteiger charge is -2.24. The van der Waals surface area contributed by atoms with Gasteiger partial charge in [-0.1, -0.05) is 35.6 Å². The number of rotatable bonds is 6. The first-order valence-electron chi connectivity index (χ1n) is 10.9. The zero-order chi connectivity index (χ0) is 24.4. The van der Waals surface area contributed by atoms with E-state index < -0.39 is 12.0 Å². The fourth-order valence-corrected chi connectivity index (χ4v) is 5.43. The lowest BCUT2D eigenvalue weighted by Crippen LogP contribution is -2.39. The molecule has 0 saturated carbocycles. The van der Waals surface area contributed by atoms with Gasteiger partial charge in [-0.25, -0.2) is 9.79 Å². The maximum Gasteiger partial charge on any atom is 0.338 e. The minimum Gasteiger partial charge on any atom is -0.496 e. The maximum atomic E-state index is 13.7. The molecule has 34 heavy (non-hydrogen) atoms. The summed E-state index contributed by atoms with van der Waals surface area (Å²) in [6.07, 6.45) is 3.84. The van der Waals surface area contributed by atoms with Crippen molar-refractivity contribution < 1.29 is 14.3 Å². The molecule has 8 heteroatoms. The smallest absolute Gasteiger partial charge is 0.338 e. The Labute approximate surface area is 206 Å². The summed E-state index contributed by atoms with van der Waals surface area (Å²) in [7, 11) is 1.63. The summed E-state index contributed by atoms with van der Waals surface area (Å²) >= 11 is 2.94. The van der Waals surface area contributed by atoms with E-state index in [0.29, 0.717) is 20.6 Å². The monoisotopic (exact) mass is 494 g/mol. The van der Waals surface area contributed by atoms with E-state index in [9.17, 15) is 9.59 Å². The van der Waals surface area contributed by atoms with E-state index in [2.05, 4.69) is 4.99 Å². The highest BCUT2D eigenvalue weighted by atomic mass is 32.2. The van der Waals surface area contributed by atoms with Crippen LogP contribution >= 0.6 is 23.1 Å². The predicted octanol–water partition coefficient (Wildman–Crippen LogP) is 3.84. The van der Waals surface area contributed by atoms with E-state index in [1.165, 1.54) is 11.3 Å². The number of carbonyl (C=O) groups excluding carboxylic acids is 1. The van der Waals surface area contributed by atoms with Crippen molar-refractivity contribution in [2.75, 3.05) is 20.0 Å². The molecule has 3 aromatic rings. The Morgan fingerprint density at radius 3 is 2.59 bits per heavy atom. The largest absolute Gasteiger partial charge is 0.496 e. The van der Waals surface area contributed by atoms with Gasteiger partial charge in [0.15, 0.2) is 4.80 Å². The second-order valence-electron chi connectivity index (χ2n) is 7.80. The highest BCUT2D eigenvalue weighted by Gasteiger charge is 2.33. The van der Waals surface area contributed by atoms with Crippen LogP contribution in [0.4, 0.5) is 0 Å². The third-order valence-corrected chi connectivity index (χ3v) is 7.40. The van der Waals surface area contributed by atoms with Crippen LogP contribution in [0.5, 0.6) is 5.75 Å². The number of thiazole rings is 1. The van der Waals surface area contributed by atoms with Crippen molar-refractivity contribution in [3.63, 3.8) is 0 Å². The predicted molar refractivity (Wildman–Crippen MR) is 136 cm³/mol. The molecule has 2 aromatic carbocycles. The van der Waals surface area contributed by atoms with E-state index >= 15 is 0 Å². The molecule has 0 unspecified atom stereocenters. The molecule has 0 spiro atoms. The van der Waals surface area contributed by atoms with Crippen LogP contribution in [0.1, 0.15) is 36.6 Å². The van der Waals surface area contributed by atoms with E-state index in [4.69, 9.17) is 9.47 Å². The summed E-state index contributed by atoms with van der Waals surface area (Å²) in [5.41, 5.74) is 3.45. The Morgan fingerprint density at radius 2 is 1.94 bits per heavy atom. The number of ether oxygens (including phenoxy) is 2. The molecular formula is C26H26N2O4S2. The SMILES string of the molecule is CCOC(=O)C1=C(C)N=c2s/c(=C\c3ccc(C)c(OC)c3)c(=O)n2[C@@H]1c1ccc(SC)cc1. The van der Waals surface area contributed by atoms with Gasteiger partial charge in [0.05, 0.1) is 35.6 Å². The molecule has 0 aliphatic carbocycles. The molecule has 1 aliphatic rings. The summed E-state index contributed by atoms with van der Waals surface area (Å²) in [6, 6.07) is 13.1. The number of thioether (sulfide) groups is 1. The molecule has 0 saturated heterocycles. The number of hydrogen-bond acceptors (Lipinski definition) is 7. The van der Waals surface area contributed by atoms with Gasteiger partial charge in [0.2, 0.25) is 0 Å². The Kier molecular flexibility index (Phi) is 7.09. The molecule has 1 aliphatic heterocycles. The van der Waals surface area contributed by atoms with Crippen molar-refractivity contribution in [3.8, 4) is 5.75 Å². The molecule has 0 fully saturated rings. The average molecular weight is 495 g/mol. The van der Waals surface area contributed by atoms with Gasteiger partial charge in [-0.2, -0.15) is 0 Å². The molecule has 6 nitrogen and oxygen atoms in total. The zero-order valence-electron chi connectivity index (χ0n) is 19.7. The number of aromatic nitrogens is 1. The van der Waals surface area contributed by atoms with Gasteiger partial charge in [-0.3, -0.25) is 9.36 Å². The second kappa shape index (κ2) is 10.0. The highest BCUT2D eigenvalue weighted by molar-refractivity contribution is 7.98. The van der Waals surface area contributed by atoms with Gasteiger partial charge in [-0.15, -0.1) is 11.8 Å². The van der Waals surface area contributed by atoms with E-state index in [0.717, 1.165) is 27.3 Å².